The molecule has 0 heterocycles. The number of hydrogen-bond acceptors (Lipinski definition) is 5. The van der Waals surface area contributed by atoms with Crippen molar-refractivity contribution in [1.82, 2.24) is 0 Å². The molecule has 72 valence electrons. The molecule has 6 heteroatoms. The molecule has 0 rings (SSSR count). The molecule has 0 bridgehead atoms. The number of carbonyl (C=O) groups excluding carboxylic acids is 1. The van der Waals surface area contributed by atoms with Crippen LogP contribution in [0, 0.1) is 0 Å². The third kappa shape index (κ3) is 2.82. The zero-order chi connectivity index (χ0) is 9.72. The maximum atomic E-state index is 12.6. The number of aliphatic hydroxyl groups excluding tert-OH is 4. The van der Waals surface area contributed by atoms with Gasteiger partial charge in [0.05, 0.1) is 6.61 Å². The quantitative estimate of drug-likeness (QED) is 0.355. The smallest absolute Gasteiger partial charge is 0.161 e. The van der Waals surface area contributed by atoms with Crippen molar-refractivity contribution in [3.8, 4) is 0 Å². The predicted molar refractivity (Wildman–Crippen MR) is 36.1 cm³/mol. The summed E-state index contributed by atoms with van der Waals surface area (Å²) in [6.45, 7) is -0.840. The topological polar surface area (TPSA) is 98.0 Å². The Morgan fingerprint density at radius 3 is 2.17 bits per heavy atom. The van der Waals surface area contributed by atoms with Crippen molar-refractivity contribution in [3.63, 3.8) is 0 Å². The minimum absolute atomic E-state index is 0.0992. The number of carbonyl (C=O) groups is 1. The van der Waals surface area contributed by atoms with Crippen molar-refractivity contribution >= 4 is 6.29 Å². The monoisotopic (exact) mass is 182 g/mol. The van der Waals surface area contributed by atoms with Gasteiger partial charge in [-0.15, -0.1) is 0 Å². The lowest BCUT2D eigenvalue weighted by Crippen LogP contribution is -2.43. The van der Waals surface area contributed by atoms with Gasteiger partial charge in [-0.25, -0.2) is 4.39 Å². The van der Waals surface area contributed by atoms with Crippen LogP contribution in [-0.2, 0) is 4.79 Å². The fourth-order valence-electron chi connectivity index (χ4n) is 0.597. The predicted octanol–water partition coefficient (Wildman–Crippen LogP) is -2.40. The molecule has 0 aromatic heterocycles. The molecule has 0 saturated heterocycles. The molecule has 5 nitrogen and oxygen atoms in total. The molecular formula is C6H11FO5. The summed E-state index contributed by atoms with van der Waals surface area (Å²) < 4.78 is 12.6. The highest BCUT2D eigenvalue weighted by Gasteiger charge is 2.31. The maximum absolute atomic E-state index is 12.6. The molecule has 0 spiro atoms. The van der Waals surface area contributed by atoms with E-state index in [1.54, 1.807) is 0 Å². The Hall–Kier alpha value is -0.560. The second-order valence-electron chi connectivity index (χ2n) is 2.31. The van der Waals surface area contributed by atoms with Crippen LogP contribution in [0.4, 0.5) is 4.39 Å². The summed E-state index contributed by atoms with van der Waals surface area (Å²) in [7, 11) is 0. The van der Waals surface area contributed by atoms with E-state index in [2.05, 4.69) is 0 Å². The summed E-state index contributed by atoms with van der Waals surface area (Å²) in [6.07, 6.45) is -8.03. The Morgan fingerprint density at radius 1 is 1.33 bits per heavy atom. The lowest BCUT2D eigenvalue weighted by Gasteiger charge is -2.20. The van der Waals surface area contributed by atoms with Crippen LogP contribution in [0.3, 0.4) is 0 Å². The first-order valence-corrected chi connectivity index (χ1v) is 3.29. The fraction of sp³-hybridized carbons (Fsp3) is 0.833. The molecule has 0 fully saturated rings. The number of aldehydes is 1. The average Bonchev–Trinajstić information content (AvgIpc) is 2.12. The van der Waals surface area contributed by atoms with Gasteiger partial charge in [0.15, 0.2) is 12.5 Å². The highest BCUT2D eigenvalue weighted by atomic mass is 19.1. The highest BCUT2D eigenvalue weighted by molar-refractivity contribution is 5.56. The van der Waals surface area contributed by atoms with E-state index in [4.69, 9.17) is 20.4 Å². The molecule has 0 aromatic carbocycles. The van der Waals surface area contributed by atoms with Crippen LogP contribution in [0.15, 0.2) is 0 Å². The molecule has 0 radical (unpaired) electrons. The second kappa shape index (κ2) is 5.15. The first kappa shape index (κ1) is 11.4. The van der Waals surface area contributed by atoms with Gasteiger partial charge in [-0.1, -0.05) is 0 Å². The van der Waals surface area contributed by atoms with E-state index in [1.165, 1.54) is 0 Å². The van der Waals surface area contributed by atoms with Gasteiger partial charge in [0, 0.05) is 0 Å². The van der Waals surface area contributed by atoms with Gasteiger partial charge in [-0.3, -0.25) is 0 Å². The van der Waals surface area contributed by atoms with E-state index in [9.17, 15) is 9.18 Å². The number of aliphatic hydroxyl groups is 4. The van der Waals surface area contributed by atoms with E-state index < -0.39 is 31.1 Å². The Morgan fingerprint density at radius 2 is 1.83 bits per heavy atom. The van der Waals surface area contributed by atoms with Crippen molar-refractivity contribution in [1.29, 1.82) is 0 Å². The van der Waals surface area contributed by atoms with Gasteiger partial charge in [0.1, 0.15) is 18.3 Å². The standard InChI is InChI=1S/C6H11FO5/c7-5(3(10)1-8)6(12)4(11)2-9/h1,3-6,9-12H,2H2/t3-,4-,5+,6-/m1/s1. The first-order valence-electron chi connectivity index (χ1n) is 3.29. The van der Waals surface area contributed by atoms with E-state index >= 15 is 0 Å². The van der Waals surface area contributed by atoms with Crippen LogP contribution in [0.25, 0.3) is 0 Å². The van der Waals surface area contributed by atoms with Crippen LogP contribution in [0.2, 0.25) is 0 Å². The normalized spacial score (nSPS) is 21.1. The molecule has 0 aliphatic rings. The van der Waals surface area contributed by atoms with Gasteiger partial charge in [-0.2, -0.15) is 0 Å². The molecule has 0 unspecified atom stereocenters. The Labute approximate surface area is 68.1 Å². The third-order valence-corrected chi connectivity index (χ3v) is 1.37. The lowest BCUT2D eigenvalue weighted by molar-refractivity contribution is -0.126. The van der Waals surface area contributed by atoms with Crippen LogP contribution in [0.1, 0.15) is 0 Å². The molecule has 4 atom stereocenters. The van der Waals surface area contributed by atoms with Crippen LogP contribution < -0.4 is 0 Å². The number of alkyl halides is 1. The van der Waals surface area contributed by atoms with Crippen LogP contribution in [0.5, 0.6) is 0 Å². The zero-order valence-electron chi connectivity index (χ0n) is 6.17. The second-order valence-corrected chi connectivity index (χ2v) is 2.31. The van der Waals surface area contributed by atoms with Crippen molar-refractivity contribution in [2.45, 2.75) is 24.5 Å². The van der Waals surface area contributed by atoms with Gasteiger partial charge in [-0.05, 0) is 0 Å². The van der Waals surface area contributed by atoms with E-state index in [-0.39, 0.29) is 6.29 Å². The Balaban J connectivity index is 4.07. The van der Waals surface area contributed by atoms with Crippen molar-refractivity contribution in [2.75, 3.05) is 6.61 Å². The number of hydrogen-bond donors (Lipinski definition) is 4. The minimum Gasteiger partial charge on any atom is -0.394 e. The van der Waals surface area contributed by atoms with E-state index in [0.29, 0.717) is 0 Å². The number of rotatable bonds is 5. The molecule has 0 saturated carbocycles. The molecular weight excluding hydrogens is 171 g/mol. The molecule has 4 N–H and O–H groups in total. The maximum Gasteiger partial charge on any atom is 0.161 e. The Kier molecular flexibility index (Phi) is 4.91. The summed E-state index contributed by atoms with van der Waals surface area (Å²) in [5.74, 6) is 0. The lowest BCUT2D eigenvalue weighted by atomic mass is 10.1. The molecule has 0 amide bonds. The third-order valence-electron chi connectivity index (χ3n) is 1.37. The molecule has 0 aliphatic carbocycles. The SMILES string of the molecule is O=C[C@@H](O)[C@H](F)[C@H](O)[C@H](O)CO. The summed E-state index contributed by atoms with van der Waals surface area (Å²) >= 11 is 0. The molecule has 0 aromatic rings. The Bertz CT molecular complexity index is 142. The van der Waals surface area contributed by atoms with E-state index in [1.807, 2.05) is 0 Å². The van der Waals surface area contributed by atoms with E-state index in [0.717, 1.165) is 0 Å². The summed E-state index contributed by atoms with van der Waals surface area (Å²) in [6, 6.07) is 0. The highest BCUT2D eigenvalue weighted by Crippen LogP contribution is 2.07. The van der Waals surface area contributed by atoms with Crippen LogP contribution >= 0.6 is 0 Å². The van der Waals surface area contributed by atoms with Crippen molar-refractivity contribution in [3.05, 3.63) is 0 Å². The van der Waals surface area contributed by atoms with Gasteiger partial charge >= 0.3 is 0 Å². The van der Waals surface area contributed by atoms with Gasteiger partial charge in [0.2, 0.25) is 0 Å². The summed E-state index contributed by atoms with van der Waals surface area (Å²) in [5, 5.41) is 34.3. The number of halogens is 1. The zero-order valence-corrected chi connectivity index (χ0v) is 6.17. The van der Waals surface area contributed by atoms with Crippen LogP contribution in [-0.4, -0.2) is 57.8 Å². The largest absolute Gasteiger partial charge is 0.394 e. The van der Waals surface area contributed by atoms with Gasteiger partial charge in [0.25, 0.3) is 0 Å². The van der Waals surface area contributed by atoms with Crippen molar-refractivity contribution < 1.29 is 29.6 Å². The van der Waals surface area contributed by atoms with Crippen molar-refractivity contribution in [2.24, 2.45) is 0 Å². The molecule has 12 heavy (non-hydrogen) atoms. The summed E-state index contributed by atoms with van der Waals surface area (Å²) in [5.41, 5.74) is 0. The molecule has 0 aliphatic heterocycles. The van der Waals surface area contributed by atoms with Gasteiger partial charge < -0.3 is 25.2 Å². The minimum atomic E-state index is -2.29. The summed E-state index contributed by atoms with van der Waals surface area (Å²) in [4.78, 5) is 9.82. The average molecular weight is 182 g/mol. The first-order chi connectivity index (χ1) is 5.54. The fourth-order valence-corrected chi connectivity index (χ4v) is 0.597.